The van der Waals surface area contributed by atoms with Crippen LogP contribution in [-0.2, 0) is 0 Å². The fraction of sp³-hybridized carbons (Fsp3) is 1.00. The van der Waals surface area contributed by atoms with Crippen LogP contribution in [0, 0.1) is 11.3 Å². The van der Waals surface area contributed by atoms with Gasteiger partial charge in [0.15, 0.2) is 0 Å². The van der Waals surface area contributed by atoms with Gasteiger partial charge in [-0.05, 0) is 17.8 Å². The molecule has 10 heavy (non-hydrogen) atoms. The molecule has 0 spiro atoms. The van der Waals surface area contributed by atoms with Gasteiger partial charge in [0.2, 0.25) is 0 Å². The molecule has 0 bridgehead atoms. The lowest BCUT2D eigenvalue weighted by molar-refractivity contribution is 0.125. The van der Waals surface area contributed by atoms with Gasteiger partial charge >= 0.3 is 0 Å². The van der Waals surface area contributed by atoms with E-state index in [0.717, 1.165) is 5.92 Å². The molecule has 0 heterocycles. The Morgan fingerprint density at radius 2 is 2.10 bits per heavy atom. The van der Waals surface area contributed by atoms with E-state index in [1.54, 1.807) is 0 Å². The highest BCUT2D eigenvalue weighted by atomic mass is 14.4. The minimum Gasteiger partial charge on any atom is -0.0649 e. The maximum Gasteiger partial charge on any atom is -0.0303 e. The molecule has 0 aromatic rings. The van der Waals surface area contributed by atoms with Crippen molar-refractivity contribution in [2.75, 3.05) is 0 Å². The second kappa shape index (κ2) is 2.94. The molecule has 0 aliphatic heterocycles. The fourth-order valence-electron chi connectivity index (χ4n) is 2.10. The highest BCUT2D eigenvalue weighted by Crippen LogP contribution is 2.42. The maximum atomic E-state index is 2.46. The lowest BCUT2D eigenvalue weighted by atomic mass is 9.67. The summed E-state index contributed by atoms with van der Waals surface area (Å²) in [5.74, 6) is 0.964. The van der Waals surface area contributed by atoms with Gasteiger partial charge in [-0.2, -0.15) is 0 Å². The van der Waals surface area contributed by atoms with Crippen LogP contribution in [0.3, 0.4) is 0 Å². The molecule has 0 amide bonds. The summed E-state index contributed by atoms with van der Waals surface area (Å²) in [5.41, 5.74) is 0.679. The predicted octanol–water partition coefficient (Wildman–Crippen LogP) is 3.61. The molecule has 60 valence electrons. The van der Waals surface area contributed by atoms with Gasteiger partial charge in [-0.3, -0.25) is 0 Å². The molecule has 0 aromatic carbocycles. The van der Waals surface area contributed by atoms with Crippen molar-refractivity contribution >= 4 is 0 Å². The molecular formula is C10H20. The van der Waals surface area contributed by atoms with E-state index in [9.17, 15) is 0 Å². The molecule has 0 nitrogen and oxygen atoms in total. The summed E-state index contributed by atoms with van der Waals surface area (Å²) in [7, 11) is 0. The monoisotopic (exact) mass is 140 g/mol. The van der Waals surface area contributed by atoms with Crippen molar-refractivity contribution in [3.8, 4) is 0 Å². The number of rotatable bonds is 1. The van der Waals surface area contributed by atoms with Crippen molar-refractivity contribution in [1.29, 1.82) is 0 Å². The predicted molar refractivity (Wildman–Crippen MR) is 46.0 cm³/mol. The first-order valence-electron chi connectivity index (χ1n) is 4.69. The summed E-state index contributed by atoms with van der Waals surface area (Å²) in [5, 5.41) is 0. The van der Waals surface area contributed by atoms with Gasteiger partial charge in [-0.25, -0.2) is 0 Å². The van der Waals surface area contributed by atoms with Crippen molar-refractivity contribution in [2.45, 2.75) is 52.9 Å². The molecule has 2 atom stereocenters. The Balaban J connectivity index is 2.54. The molecule has 1 unspecified atom stereocenters. The van der Waals surface area contributed by atoms with E-state index in [4.69, 9.17) is 0 Å². The van der Waals surface area contributed by atoms with Crippen molar-refractivity contribution < 1.29 is 0 Å². The summed E-state index contributed by atoms with van der Waals surface area (Å²) < 4.78 is 0. The van der Waals surface area contributed by atoms with Crippen LogP contribution in [-0.4, -0.2) is 0 Å². The normalized spacial score (nSPS) is 41.7. The van der Waals surface area contributed by atoms with Gasteiger partial charge in [0.1, 0.15) is 0 Å². The molecule has 0 aromatic heterocycles. The molecule has 1 fully saturated rings. The van der Waals surface area contributed by atoms with E-state index in [-0.39, 0.29) is 0 Å². The van der Waals surface area contributed by atoms with E-state index < -0.39 is 0 Å². The Morgan fingerprint density at radius 3 is 2.50 bits per heavy atom. The highest BCUT2D eigenvalue weighted by Gasteiger charge is 2.31. The zero-order chi connectivity index (χ0) is 7.61. The number of hydrogen-bond acceptors (Lipinski definition) is 0. The van der Waals surface area contributed by atoms with Gasteiger partial charge in [0.05, 0.1) is 0 Å². The highest BCUT2D eigenvalue weighted by molar-refractivity contribution is 4.82. The minimum absolute atomic E-state index is 0.679. The molecule has 1 rings (SSSR count). The average molecular weight is 140 g/mol. The molecule has 0 saturated heterocycles. The minimum atomic E-state index is 0.679. The molecular weight excluding hydrogens is 120 g/mol. The van der Waals surface area contributed by atoms with Gasteiger partial charge < -0.3 is 0 Å². The summed E-state index contributed by atoms with van der Waals surface area (Å²) in [4.78, 5) is 0. The van der Waals surface area contributed by atoms with Crippen molar-refractivity contribution in [2.24, 2.45) is 11.3 Å². The Kier molecular flexibility index (Phi) is 2.38. The lowest BCUT2D eigenvalue weighted by Crippen LogP contribution is -2.27. The smallest absolute Gasteiger partial charge is 0.0303 e. The third-order valence-corrected chi connectivity index (χ3v) is 3.63. The largest absolute Gasteiger partial charge is 0.0649 e. The molecule has 1 aliphatic carbocycles. The maximum absolute atomic E-state index is 2.46. The summed E-state index contributed by atoms with van der Waals surface area (Å²) in [6.07, 6.45) is 7.23. The Hall–Kier alpha value is 0. The van der Waals surface area contributed by atoms with Crippen molar-refractivity contribution in [3.05, 3.63) is 0 Å². The summed E-state index contributed by atoms with van der Waals surface area (Å²) >= 11 is 0. The Bertz CT molecular complexity index is 107. The second-order valence-corrected chi connectivity index (χ2v) is 4.15. The first-order chi connectivity index (χ1) is 4.69. The average Bonchev–Trinajstić information content (AvgIpc) is 1.96. The summed E-state index contributed by atoms with van der Waals surface area (Å²) in [6.45, 7) is 7.21. The van der Waals surface area contributed by atoms with Gasteiger partial charge in [0.25, 0.3) is 0 Å². The lowest BCUT2D eigenvalue weighted by Gasteiger charge is -2.39. The SMILES string of the molecule is CCC1(C)CCCC[C@@H]1C. The van der Waals surface area contributed by atoms with Gasteiger partial charge in [-0.1, -0.05) is 46.5 Å². The van der Waals surface area contributed by atoms with Crippen LogP contribution in [0.25, 0.3) is 0 Å². The summed E-state index contributed by atoms with van der Waals surface area (Å²) in [6, 6.07) is 0. The zero-order valence-electron chi connectivity index (χ0n) is 7.61. The molecule has 0 heteroatoms. The first kappa shape index (κ1) is 8.10. The first-order valence-corrected chi connectivity index (χ1v) is 4.69. The third-order valence-electron chi connectivity index (χ3n) is 3.63. The molecule has 0 N–H and O–H groups in total. The molecule has 1 saturated carbocycles. The van der Waals surface area contributed by atoms with Gasteiger partial charge in [-0.15, -0.1) is 0 Å². The van der Waals surface area contributed by atoms with Crippen LogP contribution in [0.4, 0.5) is 0 Å². The van der Waals surface area contributed by atoms with E-state index in [1.807, 2.05) is 0 Å². The van der Waals surface area contributed by atoms with E-state index in [1.165, 1.54) is 32.1 Å². The van der Waals surface area contributed by atoms with Crippen LogP contribution < -0.4 is 0 Å². The topological polar surface area (TPSA) is 0 Å². The molecule has 0 radical (unpaired) electrons. The van der Waals surface area contributed by atoms with E-state index >= 15 is 0 Å². The van der Waals surface area contributed by atoms with Crippen LogP contribution >= 0.6 is 0 Å². The van der Waals surface area contributed by atoms with Crippen molar-refractivity contribution in [1.82, 2.24) is 0 Å². The standard InChI is InChI=1S/C10H20/c1-4-10(3)8-6-5-7-9(10)2/h9H,4-8H2,1-3H3/t9-,10?/m0/s1. The zero-order valence-corrected chi connectivity index (χ0v) is 7.61. The molecule has 1 aliphatic rings. The quantitative estimate of drug-likeness (QED) is 0.522. The fourth-order valence-corrected chi connectivity index (χ4v) is 2.10. The van der Waals surface area contributed by atoms with Crippen molar-refractivity contribution in [3.63, 3.8) is 0 Å². The van der Waals surface area contributed by atoms with Crippen LogP contribution in [0.2, 0.25) is 0 Å². The van der Waals surface area contributed by atoms with E-state index in [2.05, 4.69) is 20.8 Å². The second-order valence-electron chi connectivity index (χ2n) is 4.15. The van der Waals surface area contributed by atoms with Crippen LogP contribution in [0.5, 0.6) is 0 Å². The van der Waals surface area contributed by atoms with Crippen LogP contribution in [0.1, 0.15) is 52.9 Å². The third kappa shape index (κ3) is 1.36. The number of hydrogen-bond donors (Lipinski definition) is 0. The van der Waals surface area contributed by atoms with E-state index in [0.29, 0.717) is 5.41 Å². The van der Waals surface area contributed by atoms with Gasteiger partial charge in [0, 0.05) is 0 Å². The van der Waals surface area contributed by atoms with Crippen LogP contribution in [0.15, 0.2) is 0 Å². The Labute approximate surface area is 65.0 Å². The Morgan fingerprint density at radius 1 is 1.40 bits per heavy atom.